The van der Waals surface area contributed by atoms with Gasteiger partial charge in [0.2, 0.25) is 0 Å². The molecule has 0 saturated heterocycles. The Kier molecular flexibility index (Phi) is 4.32. The van der Waals surface area contributed by atoms with E-state index in [9.17, 15) is 18.4 Å². The van der Waals surface area contributed by atoms with E-state index in [-0.39, 0.29) is 16.7 Å². The Morgan fingerprint density at radius 1 is 1.56 bits per heavy atom. The second kappa shape index (κ2) is 5.72. The van der Waals surface area contributed by atoms with Crippen LogP contribution in [0.3, 0.4) is 0 Å². The van der Waals surface area contributed by atoms with Crippen LogP contribution in [0.25, 0.3) is 0 Å². The molecule has 1 aromatic carbocycles. The molecule has 0 unspecified atom stereocenters. The second-order valence-electron chi connectivity index (χ2n) is 3.23. The lowest BCUT2D eigenvalue weighted by Crippen LogP contribution is -2.08. The average molecular weight is 255 g/mol. The summed E-state index contributed by atoms with van der Waals surface area (Å²) < 4.78 is 28.3. The summed E-state index contributed by atoms with van der Waals surface area (Å²) in [5.74, 6) is -1.68. The van der Waals surface area contributed by atoms with E-state index in [0.29, 0.717) is 6.29 Å². The predicted molar refractivity (Wildman–Crippen MR) is 54.5 cm³/mol. The van der Waals surface area contributed by atoms with E-state index in [1.54, 1.807) is 6.07 Å². The minimum atomic E-state index is -3.14. The number of nitriles is 1. The van der Waals surface area contributed by atoms with Gasteiger partial charge < -0.3 is 9.84 Å². The number of carboxylic acids is 1. The summed E-state index contributed by atoms with van der Waals surface area (Å²) in [4.78, 5) is 21.3. The van der Waals surface area contributed by atoms with E-state index in [0.717, 1.165) is 12.1 Å². The zero-order valence-electron chi connectivity index (χ0n) is 8.89. The lowest BCUT2D eigenvalue weighted by atomic mass is 10.0. The Morgan fingerprint density at radius 2 is 2.22 bits per heavy atom. The number of nitrogens with zero attached hydrogens (tertiary/aromatic N) is 1. The van der Waals surface area contributed by atoms with Gasteiger partial charge in [0.15, 0.2) is 0 Å². The largest absolute Gasteiger partial charge is 0.481 e. The van der Waals surface area contributed by atoms with Crippen LogP contribution in [0.5, 0.6) is 5.75 Å². The number of hydrogen-bond donors (Lipinski definition) is 1. The van der Waals surface area contributed by atoms with Gasteiger partial charge in [-0.05, 0) is 17.7 Å². The normalized spacial score (nSPS) is 9.89. The number of benzene rings is 1. The van der Waals surface area contributed by atoms with E-state index < -0.39 is 24.8 Å². The molecule has 1 rings (SSSR count). The van der Waals surface area contributed by atoms with Gasteiger partial charge in [-0.25, -0.2) is 0 Å². The minimum absolute atomic E-state index is 0.00662. The Hall–Kier alpha value is -2.49. The smallest absolute Gasteiger partial charge is 0.387 e. The zero-order chi connectivity index (χ0) is 13.7. The molecule has 94 valence electrons. The third-order valence-corrected chi connectivity index (χ3v) is 2.05. The molecule has 1 N–H and O–H groups in total. The second-order valence-corrected chi connectivity index (χ2v) is 3.23. The number of rotatable bonds is 5. The number of hydrogen-bond acceptors (Lipinski definition) is 4. The van der Waals surface area contributed by atoms with Crippen LogP contribution in [-0.4, -0.2) is 24.0 Å². The number of carboxylic acid groups (broad SMARTS) is 1. The molecule has 0 amide bonds. The highest BCUT2D eigenvalue weighted by molar-refractivity contribution is 5.82. The van der Waals surface area contributed by atoms with Gasteiger partial charge in [-0.15, -0.1) is 0 Å². The van der Waals surface area contributed by atoms with Crippen molar-refractivity contribution in [2.45, 2.75) is 13.0 Å². The number of halogens is 2. The highest BCUT2D eigenvalue weighted by atomic mass is 19.3. The third kappa shape index (κ3) is 3.25. The highest BCUT2D eigenvalue weighted by Crippen LogP contribution is 2.24. The fourth-order valence-electron chi connectivity index (χ4n) is 1.35. The van der Waals surface area contributed by atoms with Crippen molar-refractivity contribution in [3.63, 3.8) is 0 Å². The summed E-state index contributed by atoms with van der Waals surface area (Å²) in [6.07, 6.45) is -0.176. The number of aldehydes is 1. The zero-order valence-corrected chi connectivity index (χ0v) is 8.89. The Bertz CT molecular complexity index is 523. The molecule has 0 aromatic heterocycles. The Labute approximate surface area is 100 Å². The van der Waals surface area contributed by atoms with Gasteiger partial charge in [0.25, 0.3) is 0 Å². The first kappa shape index (κ1) is 13.6. The Morgan fingerprint density at radius 3 is 2.67 bits per heavy atom. The molecule has 0 bridgehead atoms. The standard InChI is InChI=1S/C11H7F2NO4/c12-11(13)18-9-2-6(3-10(16)17)8(5-15)1-7(9)4-14/h1-2,5,11H,3H2,(H,16,17). The van der Waals surface area contributed by atoms with E-state index in [1.807, 2.05) is 0 Å². The molecule has 0 saturated carbocycles. The van der Waals surface area contributed by atoms with Crippen molar-refractivity contribution in [1.82, 2.24) is 0 Å². The summed E-state index contributed by atoms with van der Waals surface area (Å²) in [5.41, 5.74) is -0.297. The summed E-state index contributed by atoms with van der Waals surface area (Å²) in [7, 11) is 0. The number of carbonyl (C=O) groups is 2. The molecular weight excluding hydrogens is 248 g/mol. The molecule has 0 atom stereocenters. The molecule has 18 heavy (non-hydrogen) atoms. The van der Waals surface area contributed by atoms with Crippen LogP contribution < -0.4 is 4.74 Å². The van der Waals surface area contributed by atoms with Gasteiger partial charge in [-0.3, -0.25) is 9.59 Å². The number of alkyl halides is 2. The Balaban J connectivity index is 3.29. The number of aliphatic carboxylic acids is 1. The van der Waals surface area contributed by atoms with E-state index >= 15 is 0 Å². The molecule has 0 aliphatic heterocycles. The summed E-state index contributed by atoms with van der Waals surface area (Å²) >= 11 is 0. The van der Waals surface area contributed by atoms with E-state index in [2.05, 4.69) is 4.74 Å². The van der Waals surface area contributed by atoms with Crippen molar-refractivity contribution in [3.05, 3.63) is 28.8 Å². The summed E-state index contributed by atoms with van der Waals surface area (Å²) in [5, 5.41) is 17.3. The van der Waals surface area contributed by atoms with Crippen LogP contribution in [0, 0.1) is 11.3 Å². The molecular formula is C11H7F2NO4. The van der Waals surface area contributed by atoms with Gasteiger partial charge in [-0.2, -0.15) is 14.0 Å². The molecule has 0 radical (unpaired) electrons. The van der Waals surface area contributed by atoms with Crippen LogP contribution in [-0.2, 0) is 11.2 Å². The van der Waals surface area contributed by atoms with Gasteiger partial charge in [0, 0.05) is 5.56 Å². The SMILES string of the molecule is N#Cc1cc(C=O)c(CC(=O)O)cc1OC(F)F. The third-order valence-electron chi connectivity index (χ3n) is 2.05. The molecule has 1 aromatic rings. The topological polar surface area (TPSA) is 87.4 Å². The van der Waals surface area contributed by atoms with Crippen LogP contribution in [0.1, 0.15) is 21.5 Å². The fourth-order valence-corrected chi connectivity index (χ4v) is 1.35. The van der Waals surface area contributed by atoms with Gasteiger partial charge in [0.05, 0.1) is 12.0 Å². The molecule has 0 spiro atoms. The van der Waals surface area contributed by atoms with Crippen molar-refractivity contribution in [1.29, 1.82) is 5.26 Å². The van der Waals surface area contributed by atoms with Gasteiger partial charge >= 0.3 is 12.6 Å². The molecule has 0 aliphatic carbocycles. The van der Waals surface area contributed by atoms with Crippen LogP contribution >= 0.6 is 0 Å². The van der Waals surface area contributed by atoms with Crippen LogP contribution in [0.15, 0.2) is 12.1 Å². The quantitative estimate of drug-likeness (QED) is 0.807. The molecule has 7 heteroatoms. The van der Waals surface area contributed by atoms with Gasteiger partial charge in [0.1, 0.15) is 18.1 Å². The van der Waals surface area contributed by atoms with E-state index in [4.69, 9.17) is 10.4 Å². The van der Waals surface area contributed by atoms with Gasteiger partial charge in [-0.1, -0.05) is 0 Å². The first-order valence-corrected chi connectivity index (χ1v) is 4.66. The van der Waals surface area contributed by atoms with Crippen molar-refractivity contribution < 1.29 is 28.2 Å². The number of ether oxygens (including phenoxy) is 1. The number of carbonyl (C=O) groups excluding carboxylic acids is 1. The molecule has 0 aliphatic rings. The highest BCUT2D eigenvalue weighted by Gasteiger charge is 2.15. The molecule has 0 heterocycles. The van der Waals surface area contributed by atoms with Crippen LogP contribution in [0.2, 0.25) is 0 Å². The minimum Gasteiger partial charge on any atom is -0.481 e. The monoisotopic (exact) mass is 255 g/mol. The first-order valence-electron chi connectivity index (χ1n) is 4.66. The molecule has 0 fully saturated rings. The lowest BCUT2D eigenvalue weighted by molar-refractivity contribution is -0.136. The predicted octanol–water partition coefficient (Wildman–Crippen LogP) is 1.60. The average Bonchev–Trinajstić information content (AvgIpc) is 2.28. The van der Waals surface area contributed by atoms with Crippen molar-refractivity contribution >= 4 is 12.3 Å². The van der Waals surface area contributed by atoms with E-state index in [1.165, 1.54) is 0 Å². The molecule has 5 nitrogen and oxygen atoms in total. The van der Waals surface area contributed by atoms with Crippen molar-refractivity contribution in [3.8, 4) is 11.8 Å². The van der Waals surface area contributed by atoms with Crippen LogP contribution in [0.4, 0.5) is 8.78 Å². The fraction of sp³-hybridized carbons (Fsp3) is 0.182. The lowest BCUT2D eigenvalue weighted by Gasteiger charge is -2.09. The summed E-state index contributed by atoms with van der Waals surface area (Å²) in [6.45, 7) is -3.14. The first-order chi connectivity index (χ1) is 8.47. The summed E-state index contributed by atoms with van der Waals surface area (Å²) in [6, 6.07) is 3.57. The van der Waals surface area contributed by atoms with Crippen molar-refractivity contribution in [2.24, 2.45) is 0 Å². The maximum absolute atomic E-state index is 12.1. The maximum atomic E-state index is 12.1. The van der Waals surface area contributed by atoms with Crippen molar-refractivity contribution in [2.75, 3.05) is 0 Å². The maximum Gasteiger partial charge on any atom is 0.387 e.